The Morgan fingerprint density at radius 2 is 1.89 bits per heavy atom. The summed E-state index contributed by atoms with van der Waals surface area (Å²) in [6.45, 7) is 6.23. The molecule has 2 N–H and O–H groups in total. The molecule has 0 unspecified atom stereocenters. The number of benzene rings is 1. The highest BCUT2D eigenvalue weighted by Crippen LogP contribution is 2.18. The summed E-state index contributed by atoms with van der Waals surface area (Å²) < 4.78 is 5.61. The van der Waals surface area contributed by atoms with Gasteiger partial charge in [0.15, 0.2) is 0 Å². The zero-order chi connectivity index (χ0) is 19.9. The maximum Gasteiger partial charge on any atom is 0.274 e. The van der Waals surface area contributed by atoms with Gasteiger partial charge in [-0.3, -0.25) is 9.78 Å². The average Bonchev–Trinajstić information content (AvgIpc) is 2.68. The second kappa shape index (κ2) is 8.94. The molecule has 0 atom stereocenters. The molecule has 0 saturated carbocycles. The van der Waals surface area contributed by atoms with Gasteiger partial charge in [-0.25, -0.2) is 9.97 Å². The molecule has 144 valence electrons. The molecule has 3 aromatic rings. The molecule has 7 nitrogen and oxygen atoms in total. The predicted octanol–water partition coefficient (Wildman–Crippen LogP) is 3.83. The van der Waals surface area contributed by atoms with Crippen LogP contribution < -0.4 is 15.4 Å². The van der Waals surface area contributed by atoms with Gasteiger partial charge in [0.2, 0.25) is 5.95 Å². The Bertz CT molecular complexity index is 927. The Morgan fingerprint density at radius 3 is 2.57 bits per heavy atom. The standard InChI is InChI=1S/C21H23N5O2/c1-14(2)28-18-9-7-16(8-10-18)25-20(27)19-12-15(3)24-21(26-19)23-13-17-6-4-5-11-22-17/h4-12,14H,13H2,1-3H3,(H,25,27)(H,23,24,26). The van der Waals surface area contributed by atoms with Crippen molar-refractivity contribution in [2.75, 3.05) is 10.6 Å². The van der Waals surface area contributed by atoms with Crippen LogP contribution in [0.5, 0.6) is 5.75 Å². The summed E-state index contributed by atoms with van der Waals surface area (Å²) in [7, 11) is 0. The van der Waals surface area contributed by atoms with Gasteiger partial charge in [0.05, 0.1) is 18.3 Å². The highest BCUT2D eigenvalue weighted by atomic mass is 16.5. The molecule has 28 heavy (non-hydrogen) atoms. The van der Waals surface area contributed by atoms with Crippen LogP contribution in [0.15, 0.2) is 54.7 Å². The predicted molar refractivity (Wildman–Crippen MR) is 108 cm³/mol. The van der Waals surface area contributed by atoms with Crippen molar-refractivity contribution in [3.05, 3.63) is 71.8 Å². The maximum absolute atomic E-state index is 12.6. The van der Waals surface area contributed by atoms with Crippen molar-refractivity contribution in [3.63, 3.8) is 0 Å². The Hall–Kier alpha value is -3.48. The smallest absolute Gasteiger partial charge is 0.274 e. The molecule has 2 heterocycles. The van der Waals surface area contributed by atoms with E-state index in [1.165, 1.54) is 0 Å². The quantitative estimate of drug-likeness (QED) is 0.650. The Labute approximate surface area is 164 Å². The van der Waals surface area contributed by atoms with E-state index in [9.17, 15) is 4.79 Å². The van der Waals surface area contributed by atoms with Crippen molar-refractivity contribution in [1.29, 1.82) is 0 Å². The number of hydrogen-bond acceptors (Lipinski definition) is 6. The highest BCUT2D eigenvalue weighted by molar-refractivity contribution is 6.03. The van der Waals surface area contributed by atoms with E-state index in [1.807, 2.05) is 51.1 Å². The Kier molecular flexibility index (Phi) is 6.16. The number of nitrogens with zero attached hydrogens (tertiary/aromatic N) is 3. The fourth-order valence-corrected chi connectivity index (χ4v) is 2.52. The van der Waals surface area contributed by atoms with Gasteiger partial charge in [0, 0.05) is 17.6 Å². The molecule has 0 fully saturated rings. The average molecular weight is 377 g/mol. The van der Waals surface area contributed by atoms with E-state index in [-0.39, 0.29) is 12.0 Å². The van der Waals surface area contributed by atoms with E-state index in [4.69, 9.17) is 4.74 Å². The highest BCUT2D eigenvalue weighted by Gasteiger charge is 2.11. The van der Waals surface area contributed by atoms with Gasteiger partial charge in [-0.15, -0.1) is 0 Å². The van der Waals surface area contributed by atoms with Crippen molar-refractivity contribution in [2.24, 2.45) is 0 Å². The minimum absolute atomic E-state index is 0.0986. The van der Waals surface area contributed by atoms with Gasteiger partial charge in [-0.2, -0.15) is 0 Å². The number of ether oxygens (including phenoxy) is 1. The summed E-state index contributed by atoms with van der Waals surface area (Å²) in [4.78, 5) is 25.5. The maximum atomic E-state index is 12.6. The number of pyridine rings is 1. The normalized spacial score (nSPS) is 10.6. The van der Waals surface area contributed by atoms with E-state index in [2.05, 4.69) is 25.6 Å². The van der Waals surface area contributed by atoms with Gasteiger partial charge in [0.25, 0.3) is 5.91 Å². The number of amides is 1. The number of carbonyl (C=O) groups excluding carboxylic acids is 1. The lowest BCUT2D eigenvalue weighted by Gasteiger charge is -2.11. The van der Waals surface area contributed by atoms with E-state index in [1.54, 1.807) is 24.4 Å². The third-order valence-electron chi connectivity index (χ3n) is 3.72. The molecule has 1 aromatic carbocycles. The van der Waals surface area contributed by atoms with Gasteiger partial charge in [-0.05, 0) is 63.2 Å². The fourth-order valence-electron chi connectivity index (χ4n) is 2.52. The van der Waals surface area contributed by atoms with Crippen molar-refractivity contribution in [3.8, 4) is 5.75 Å². The molecular formula is C21H23N5O2. The fraction of sp³-hybridized carbons (Fsp3) is 0.238. The molecule has 3 rings (SSSR count). The third kappa shape index (κ3) is 5.51. The molecule has 0 bridgehead atoms. The van der Waals surface area contributed by atoms with Crippen LogP contribution in [0.2, 0.25) is 0 Å². The number of carbonyl (C=O) groups is 1. The van der Waals surface area contributed by atoms with Crippen LogP contribution in [0.25, 0.3) is 0 Å². The molecule has 0 spiro atoms. The molecule has 0 aliphatic carbocycles. The minimum atomic E-state index is -0.302. The second-order valence-corrected chi connectivity index (χ2v) is 6.54. The number of nitrogens with one attached hydrogen (secondary N) is 2. The largest absolute Gasteiger partial charge is 0.491 e. The van der Waals surface area contributed by atoms with Crippen LogP contribution in [0.3, 0.4) is 0 Å². The second-order valence-electron chi connectivity index (χ2n) is 6.54. The van der Waals surface area contributed by atoms with Crippen LogP contribution >= 0.6 is 0 Å². The molecule has 0 radical (unpaired) electrons. The zero-order valence-electron chi connectivity index (χ0n) is 16.1. The van der Waals surface area contributed by atoms with Crippen LogP contribution in [-0.4, -0.2) is 27.0 Å². The van der Waals surface area contributed by atoms with Crippen molar-refractivity contribution in [1.82, 2.24) is 15.0 Å². The molecule has 7 heteroatoms. The van der Waals surface area contributed by atoms with Crippen LogP contribution in [0, 0.1) is 6.92 Å². The number of rotatable bonds is 7. The Balaban J connectivity index is 1.66. The first kappa shape index (κ1) is 19.3. The summed E-state index contributed by atoms with van der Waals surface area (Å²) >= 11 is 0. The summed E-state index contributed by atoms with van der Waals surface area (Å²) in [6.07, 6.45) is 1.83. The lowest BCUT2D eigenvalue weighted by molar-refractivity contribution is 0.102. The number of hydrogen-bond donors (Lipinski definition) is 2. The summed E-state index contributed by atoms with van der Waals surface area (Å²) in [5.41, 5.74) is 2.52. The molecular weight excluding hydrogens is 354 g/mol. The van der Waals surface area contributed by atoms with Crippen LogP contribution in [0.1, 0.15) is 35.7 Å². The van der Waals surface area contributed by atoms with E-state index in [0.29, 0.717) is 29.6 Å². The van der Waals surface area contributed by atoms with Gasteiger partial charge in [0.1, 0.15) is 11.4 Å². The molecule has 2 aromatic heterocycles. The SMILES string of the molecule is Cc1cc(C(=O)Nc2ccc(OC(C)C)cc2)nc(NCc2ccccn2)n1. The zero-order valence-corrected chi connectivity index (χ0v) is 16.1. The number of aryl methyl sites for hydroxylation is 1. The lowest BCUT2D eigenvalue weighted by atomic mass is 10.2. The monoisotopic (exact) mass is 377 g/mol. The van der Waals surface area contributed by atoms with Gasteiger partial charge >= 0.3 is 0 Å². The third-order valence-corrected chi connectivity index (χ3v) is 3.72. The van der Waals surface area contributed by atoms with Crippen molar-refractivity contribution < 1.29 is 9.53 Å². The topological polar surface area (TPSA) is 89.0 Å². The number of anilines is 2. The number of aromatic nitrogens is 3. The van der Waals surface area contributed by atoms with E-state index < -0.39 is 0 Å². The van der Waals surface area contributed by atoms with Gasteiger partial charge in [-0.1, -0.05) is 6.07 Å². The summed E-state index contributed by atoms with van der Waals surface area (Å²) in [6, 6.07) is 14.6. The molecule has 0 aliphatic rings. The Morgan fingerprint density at radius 1 is 1.11 bits per heavy atom. The molecule has 0 aliphatic heterocycles. The molecule has 0 saturated heterocycles. The van der Waals surface area contributed by atoms with Crippen molar-refractivity contribution >= 4 is 17.5 Å². The first-order chi connectivity index (χ1) is 13.5. The van der Waals surface area contributed by atoms with E-state index in [0.717, 1.165) is 11.4 Å². The van der Waals surface area contributed by atoms with Crippen LogP contribution in [-0.2, 0) is 6.54 Å². The lowest BCUT2D eigenvalue weighted by Crippen LogP contribution is -2.16. The van der Waals surface area contributed by atoms with Crippen LogP contribution in [0.4, 0.5) is 11.6 Å². The van der Waals surface area contributed by atoms with Crippen molar-refractivity contribution in [2.45, 2.75) is 33.4 Å². The summed E-state index contributed by atoms with van der Waals surface area (Å²) in [5, 5.41) is 5.95. The van der Waals surface area contributed by atoms with E-state index >= 15 is 0 Å². The first-order valence-electron chi connectivity index (χ1n) is 9.07. The first-order valence-corrected chi connectivity index (χ1v) is 9.07. The van der Waals surface area contributed by atoms with Gasteiger partial charge < -0.3 is 15.4 Å². The minimum Gasteiger partial charge on any atom is -0.491 e. The molecule has 1 amide bonds. The summed E-state index contributed by atoms with van der Waals surface area (Å²) in [5.74, 6) is 0.840.